The molecule has 10 nitrogen and oxygen atoms in total. The van der Waals surface area contributed by atoms with Crippen LogP contribution in [0.1, 0.15) is 38.7 Å². The highest BCUT2D eigenvalue weighted by atomic mass is 16.5. The maximum Gasteiger partial charge on any atom is 0.245 e. The summed E-state index contributed by atoms with van der Waals surface area (Å²) in [5.41, 5.74) is -0.920. The smallest absolute Gasteiger partial charge is 0.245 e. The number of hydrogen-bond donors (Lipinski definition) is 3. The summed E-state index contributed by atoms with van der Waals surface area (Å²) < 4.78 is 12.2. The number of carbonyl (C=O) groups is 3. The van der Waals surface area contributed by atoms with Crippen molar-refractivity contribution in [1.29, 1.82) is 0 Å². The van der Waals surface area contributed by atoms with Gasteiger partial charge in [0.15, 0.2) is 0 Å². The monoisotopic (exact) mass is 542 g/mol. The van der Waals surface area contributed by atoms with Crippen LogP contribution in [-0.2, 0) is 30.4 Å². The Hall–Kier alpha value is -2.53. The summed E-state index contributed by atoms with van der Waals surface area (Å²) in [5, 5.41) is 15.5. The Morgan fingerprint density at radius 2 is 1.82 bits per heavy atom. The summed E-state index contributed by atoms with van der Waals surface area (Å²) in [6.45, 7) is 8.89. The van der Waals surface area contributed by atoms with Gasteiger partial charge in [-0.05, 0) is 37.7 Å². The Balaban J connectivity index is 1.37. The third-order valence-corrected chi connectivity index (χ3v) is 9.29. The number of amides is 3. The first-order valence-corrected chi connectivity index (χ1v) is 14.3. The van der Waals surface area contributed by atoms with Crippen LogP contribution in [0, 0.1) is 17.8 Å². The Morgan fingerprint density at radius 3 is 2.54 bits per heavy atom. The number of ether oxygens (including phenoxy) is 2. The number of hydrogen-bond acceptors (Lipinski definition) is 7. The first kappa shape index (κ1) is 28.0. The normalized spacial score (nSPS) is 33.8. The number of benzene rings is 1. The van der Waals surface area contributed by atoms with Gasteiger partial charge in [0.2, 0.25) is 17.7 Å². The third kappa shape index (κ3) is 5.08. The highest BCUT2D eigenvalue weighted by Crippen LogP contribution is 2.65. The molecule has 4 aliphatic heterocycles. The summed E-state index contributed by atoms with van der Waals surface area (Å²) in [4.78, 5) is 45.5. The molecule has 1 aromatic carbocycles. The van der Waals surface area contributed by atoms with E-state index in [9.17, 15) is 19.5 Å². The van der Waals surface area contributed by atoms with E-state index in [1.807, 2.05) is 37.3 Å². The van der Waals surface area contributed by atoms with Crippen LogP contribution in [0.2, 0.25) is 0 Å². The van der Waals surface area contributed by atoms with Crippen molar-refractivity contribution < 1.29 is 29.0 Å². The summed E-state index contributed by atoms with van der Waals surface area (Å²) in [7, 11) is 0. The van der Waals surface area contributed by atoms with Gasteiger partial charge >= 0.3 is 0 Å². The number of fused-ring (bicyclic) bond motifs is 1. The van der Waals surface area contributed by atoms with Gasteiger partial charge in [0.25, 0.3) is 0 Å². The van der Waals surface area contributed by atoms with E-state index < -0.39 is 29.1 Å². The van der Waals surface area contributed by atoms with Crippen LogP contribution in [0.4, 0.5) is 0 Å². The predicted octanol–water partition coefficient (Wildman–Crippen LogP) is 0.534. The Kier molecular flexibility index (Phi) is 8.28. The molecule has 39 heavy (non-hydrogen) atoms. The molecule has 4 heterocycles. The number of carbonyl (C=O) groups excluding carboxylic acids is 3. The number of rotatable bonds is 11. The van der Waals surface area contributed by atoms with Crippen molar-refractivity contribution in [2.24, 2.45) is 17.8 Å². The maximum atomic E-state index is 14.0. The molecule has 4 saturated heterocycles. The zero-order valence-electron chi connectivity index (χ0n) is 23.1. The van der Waals surface area contributed by atoms with Crippen LogP contribution >= 0.6 is 0 Å². The molecule has 4 aliphatic rings. The average molecular weight is 543 g/mol. The molecule has 2 bridgehead atoms. The lowest BCUT2D eigenvalue weighted by atomic mass is 9.62. The summed E-state index contributed by atoms with van der Waals surface area (Å²) >= 11 is 0. The number of nitrogens with zero attached hydrogens (tertiary/aromatic N) is 2. The van der Waals surface area contributed by atoms with E-state index in [4.69, 9.17) is 9.47 Å². The minimum absolute atomic E-state index is 0.00457. The van der Waals surface area contributed by atoms with Crippen molar-refractivity contribution in [3.8, 4) is 0 Å². The molecule has 0 aliphatic carbocycles. The molecule has 10 heteroatoms. The van der Waals surface area contributed by atoms with Crippen molar-refractivity contribution >= 4 is 17.7 Å². The fraction of sp³-hybridized carbons (Fsp3) is 0.690. The highest BCUT2D eigenvalue weighted by Gasteiger charge is 2.79. The number of morpholine rings is 1. The van der Waals surface area contributed by atoms with Gasteiger partial charge in [0, 0.05) is 45.9 Å². The zero-order chi connectivity index (χ0) is 27.6. The molecule has 214 valence electrons. The fourth-order valence-electron chi connectivity index (χ4n) is 7.23. The Labute approximate surface area is 230 Å². The fourth-order valence-corrected chi connectivity index (χ4v) is 7.23. The van der Waals surface area contributed by atoms with Crippen molar-refractivity contribution in [1.82, 2.24) is 20.4 Å². The van der Waals surface area contributed by atoms with Crippen LogP contribution in [0.5, 0.6) is 0 Å². The molecular weight excluding hydrogens is 500 g/mol. The van der Waals surface area contributed by atoms with Crippen LogP contribution in [-0.4, -0.2) is 102 Å². The van der Waals surface area contributed by atoms with Gasteiger partial charge < -0.3 is 30.1 Å². The Bertz CT molecular complexity index is 1050. The van der Waals surface area contributed by atoms with E-state index in [1.165, 1.54) is 0 Å². The second kappa shape index (κ2) is 11.5. The lowest BCUT2D eigenvalue weighted by Crippen LogP contribution is -2.56. The van der Waals surface area contributed by atoms with Crippen molar-refractivity contribution in [2.45, 2.75) is 56.9 Å². The topological polar surface area (TPSA) is 120 Å². The van der Waals surface area contributed by atoms with Gasteiger partial charge in [0.05, 0.1) is 30.7 Å². The molecule has 6 atom stereocenters. The van der Waals surface area contributed by atoms with Crippen LogP contribution in [0.25, 0.3) is 0 Å². The van der Waals surface area contributed by atoms with Gasteiger partial charge in [-0.3, -0.25) is 19.3 Å². The van der Waals surface area contributed by atoms with Crippen LogP contribution < -0.4 is 10.6 Å². The summed E-state index contributed by atoms with van der Waals surface area (Å²) in [6, 6.07) is 8.86. The first-order chi connectivity index (χ1) is 18.8. The van der Waals surface area contributed by atoms with Crippen LogP contribution in [0.3, 0.4) is 0 Å². The number of unbranched alkanes of at least 4 members (excludes halogenated alkanes) is 1. The Morgan fingerprint density at radius 1 is 1.08 bits per heavy atom. The number of aliphatic hydroxyl groups excluding tert-OH is 1. The largest absolute Gasteiger partial charge is 0.396 e. The molecule has 3 amide bonds. The zero-order valence-corrected chi connectivity index (χ0v) is 23.1. The van der Waals surface area contributed by atoms with E-state index in [0.717, 1.165) is 18.7 Å². The van der Waals surface area contributed by atoms with E-state index in [1.54, 1.807) is 4.90 Å². The lowest BCUT2D eigenvalue weighted by molar-refractivity contribution is -0.147. The minimum atomic E-state index is -1.05. The maximum absolute atomic E-state index is 14.0. The van der Waals surface area contributed by atoms with Gasteiger partial charge in [-0.2, -0.15) is 0 Å². The van der Waals surface area contributed by atoms with E-state index in [0.29, 0.717) is 58.7 Å². The quantitative estimate of drug-likeness (QED) is 0.349. The highest BCUT2D eigenvalue weighted by molar-refractivity contribution is 5.99. The van der Waals surface area contributed by atoms with Gasteiger partial charge in [-0.1, -0.05) is 37.3 Å². The first-order valence-electron chi connectivity index (χ1n) is 14.3. The van der Waals surface area contributed by atoms with Crippen molar-refractivity contribution in [3.05, 3.63) is 35.9 Å². The number of nitrogens with one attached hydrogen (secondary N) is 2. The number of likely N-dealkylation sites (tertiary alicyclic amines) is 1. The molecule has 0 radical (unpaired) electrons. The molecule has 1 spiro atoms. The van der Waals surface area contributed by atoms with Gasteiger partial charge in [-0.25, -0.2) is 0 Å². The average Bonchev–Trinajstić information content (AvgIpc) is 3.45. The molecule has 0 saturated carbocycles. The molecule has 5 rings (SSSR count). The van der Waals surface area contributed by atoms with Gasteiger partial charge in [-0.15, -0.1) is 0 Å². The molecule has 3 N–H and O–H groups in total. The summed E-state index contributed by atoms with van der Waals surface area (Å²) in [5.74, 6) is -2.06. The molecule has 1 aromatic rings. The molecular formula is C29H42N4O6. The second-order valence-electron chi connectivity index (χ2n) is 11.6. The van der Waals surface area contributed by atoms with Crippen molar-refractivity contribution in [2.75, 3.05) is 52.5 Å². The molecule has 4 fully saturated rings. The lowest BCUT2D eigenvalue weighted by Gasteiger charge is -2.36. The van der Waals surface area contributed by atoms with Gasteiger partial charge in [0.1, 0.15) is 11.6 Å². The SMILES string of the molecule is CC1CC23O[C@@]1(C)[C@H](C(=O)NCc1ccccc1)[C@H]2C(=O)N(CCCCO)C3C(=O)NCCN1CCOCC1. The standard InChI is InChI=1S/C29H42N4O6/c1-20-18-29-23(22(28(20,2)39-29)25(35)31-19-21-8-4-3-5-9-21)27(37)33(11-6-7-15-34)24(29)26(36)30-10-12-32-13-16-38-17-14-32/h3-5,8-9,20,22-24,34H,6-7,10-19H2,1-2H3,(H,30,36)(H,31,35)/t20?,22-,23-,24?,28+,29?/m0/s1. The number of aliphatic hydroxyl groups is 1. The van der Waals surface area contributed by atoms with E-state index in [2.05, 4.69) is 22.5 Å². The molecule has 0 aromatic heterocycles. The van der Waals surface area contributed by atoms with Crippen LogP contribution in [0.15, 0.2) is 30.3 Å². The predicted molar refractivity (Wildman–Crippen MR) is 143 cm³/mol. The third-order valence-electron chi connectivity index (χ3n) is 9.29. The summed E-state index contributed by atoms with van der Waals surface area (Å²) in [6.07, 6.45) is 1.64. The van der Waals surface area contributed by atoms with E-state index >= 15 is 0 Å². The molecule has 3 unspecified atom stereocenters. The second-order valence-corrected chi connectivity index (χ2v) is 11.6. The minimum Gasteiger partial charge on any atom is -0.396 e. The van der Waals surface area contributed by atoms with E-state index in [-0.39, 0.29) is 30.2 Å². The van der Waals surface area contributed by atoms with Crippen molar-refractivity contribution in [3.63, 3.8) is 0 Å².